The molecule has 0 bridgehead atoms. The average Bonchev–Trinajstić information content (AvgIpc) is 2.87. The van der Waals surface area contributed by atoms with Gasteiger partial charge < -0.3 is 9.84 Å². The van der Waals surface area contributed by atoms with Gasteiger partial charge in [0.25, 0.3) is 0 Å². The smallest absolute Gasteiger partial charge is 0.376 e. The van der Waals surface area contributed by atoms with Crippen molar-refractivity contribution in [2.45, 2.75) is 69.9 Å². The molecule has 1 aliphatic heterocycles. The number of methoxy groups -OCH3 is 1. The van der Waals surface area contributed by atoms with E-state index in [4.69, 9.17) is 4.74 Å². The van der Waals surface area contributed by atoms with E-state index in [0.717, 1.165) is 25.7 Å². The molecular formula is C14H25F3N2O2. The van der Waals surface area contributed by atoms with Crippen molar-refractivity contribution in [3.8, 4) is 0 Å². The summed E-state index contributed by atoms with van der Waals surface area (Å²) in [4.78, 5) is 0. The third kappa shape index (κ3) is 3.69. The summed E-state index contributed by atoms with van der Waals surface area (Å²) < 4.78 is 43.6. The van der Waals surface area contributed by atoms with E-state index in [9.17, 15) is 18.3 Å². The summed E-state index contributed by atoms with van der Waals surface area (Å²) in [6.07, 6.45) is -0.975. The van der Waals surface area contributed by atoms with Gasteiger partial charge in [-0.15, -0.1) is 0 Å². The number of hydrogen-bond donors (Lipinski definition) is 1. The second kappa shape index (κ2) is 6.52. The lowest BCUT2D eigenvalue weighted by molar-refractivity contribution is -0.222. The van der Waals surface area contributed by atoms with Gasteiger partial charge in [-0.2, -0.15) is 18.3 Å². The van der Waals surface area contributed by atoms with Gasteiger partial charge >= 0.3 is 6.18 Å². The Bertz CT molecular complexity index is 357. The van der Waals surface area contributed by atoms with Gasteiger partial charge in [0.05, 0.1) is 17.9 Å². The van der Waals surface area contributed by atoms with Crippen molar-refractivity contribution in [3.63, 3.8) is 0 Å². The molecule has 1 heterocycles. The third-order valence-corrected chi connectivity index (χ3v) is 4.47. The number of alkyl halides is 3. The lowest BCUT2D eigenvalue weighted by Gasteiger charge is -2.40. The molecule has 0 aliphatic carbocycles. The molecule has 0 radical (unpaired) electrons. The zero-order valence-electron chi connectivity index (χ0n) is 13.1. The number of hydrazone groups is 1. The van der Waals surface area contributed by atoms with E-state index < -0.39 is 17.4 Å². The summed E-state index contributed by atoms with van der Waals surface area (Å²) in [5, 5.41) is 15.0. The van der Waals surface area contributed by atoms with Crippen LogP contribution in [0, 0.1) is 0 Å². The van der Waals surface area contributed by atoms with E-state index >= 15 is 0 Å². The molecule has 7 heteroatoms. The van der Waals surface area contributed by atoms with Crippen LogP contribution in [0.1, 0.15) is 46.5 Å². The van der Waals surface area contributed by atoms with Crippen molar-refractivity contribution >= 4 is 6.21 Å². The SMILES string of the molecule is CCC(CC)(OC)[C@@H]1CCCN1/N=C/[C@@](C)(O)C(F)(F)F. The van der Waals surface area contributed by atoms with E-state index in [1.807, 2.05) is 13.8 Å². The fraction of sp³-hybridized carbons (Fsp3) is 0.929. The molecule has 4 nitrogen and oxygen atoms in total. The van der Waals surface area contributed by atoms with Crippen molar-refractivity contribution in [3.05, 3.63) is 0 Å². The summed E-state index contributed by atoms with van der Waals surface area (Å²) in [7, 11) is 1.62. The molecular weight excluding hydrogens is 285 g/mol. The standard InChI is InChI=1S/C14H25F3N2O2/c1-5-13(6-2,21-4)11-8-7-9-19(11)18-10-12(3,20)14(15,16)17/h10-11,20H,5-9H2,1-4H3/b18-10+/t11-,12+/m0/s1. The summed E-state index contributed by atoms with van der Waals surface area (Å²) in [5.74, 6) is 0. The Balaban J connectivity index is 2.93. The van der Waals surface area contributed by atoms with Gasteiger partial charge in [0, 0.05) is 13.7 Å². The van der Waals surface area contributed by atoms with Gasteiger partial charge in [-0.05, 0) is 32.6 Å². The summed E-state index contributed by atoms with van der Waals surface area (Å²) in [6, 6.07) is -0.0715. The monoisotopic (exact) mass is 310 g/mol. The fourth-order valence-electron chi connectivity index (χ4n) is 2.83. The first-order valence-electron chi connectivity index (χ1n) is 7.29. The molecule has 0 saturated carbocycles. The molecule has 1 saturated heterocycles. The molecule has 1 rings (SSSR count). The highest BCUT2D eigenvalue weighted by atomic mass is 19.4. The maximum atomic E-state index is 12.7. The largest absolute Gasteiger partial charge is 0.422 e. The first kappa shape index (κ1) is 18.2. The Labute approximate surface area is 124 Å². The van der Waals surface area contributed by atoms with Crippen LogP contribution in [0.3, 0.4) is 0 Å². The zero-order valence-corrected chi connectivity index (χ0v) is 13.1. The van der Waals surface area contributed by atoms with Gasteiger partial charge in [-0.3, -0.25) is 5.01 Å². The van der Waals surface area contributed by atoms with Crippen LogP contribution in [-0.2, 0) is 4.74 Å². The molecule has 124 valence electrons. The van der Waals surface area contributed by atoms with Crippen LogP contribution in [0.15, 0.2) is 5.10 Å². The Hall–Kier alpha value is -0.820. The molecule has 0 aromatic carbocycles. The molecule has 2 atom stereocenters. The number of halogens is 3. The van der Waals surface area contributed by atoms with E-state index in [1.54, 1.807) is 12.1 Å². The first-order chi connectivity index (χ1) is 9.63. The van der Waals surface area contributed by atoms with Crippen LogP contribution >= 0.6 is 0 Å². The molecule has 1 N–H and O–H groups in total. The van der Waals surface area contributed by atoms with E-state index in [0.29, 0.717) is 19.7 Å². The lowest BCUT2D eigenvalue weighted by atomic mass is 9.87. The summed E-state index contributed by atoms with van der Waals surface area (Å²) >= 11 is 0. The predicted molar refractivity (Wildman–Crippen MR) is 75.2 cm³/mol. The van der Waals surface area contributed by atoms with Gasteiger partial charge in [0.2, 0.25) is 0 Å². The molecule has 0 aromatic heterocycles. The minimum Gasteiger partial charge on any atom is -0.376 e. The minimum absolute atomic E-state index is 0.0715. The summed E-state index contributed by atoms with van der Waals surface area (Å²) in [5.41, 5.74) is -3.34. The van der Waals surface area contributed by atoms with Crippen LogP contribution in [0.25, 0.3) is 0 Å². The molecule has 0 spiro atoms. The number of ether oxygens (including phenoxy) is 1. The van der Waals surface area contributed by atoms with Crippen molar-refractivity contribution in [1.82, 2.24) is 5.01 Å². The molecule has 0 unspecified atom stereocenters. The zero-order chi connectivity index (χ0) is 16.3. The Morgan fingerprint density at radius 2 is 1.90 bits per heavy atom. The van der Waals surface area contributed by atoms with E-state index in [-0.39, 0.29) is 6.04 Å². The highest BCUT2D eigenvalue weighted by Gasteiger charge is 2.49. The molecule has 1 aliphatic rings. The van der Waals surface area contributed by atoms with Crippen LogP contribution in [0.2, 0.25) is 0 Å². The Kier molecular flexibility index (Phi) is 5.66. The van der Waals surface area contributed by atoms with Crippen LogP contribution in [0.5, 0.6) is 0 Å². The van der Waals surface area contributed by atoms with Crippen LogP contribution < -0.4 is 0 Å². The topological polar surface area (TPSA) is 45.1 Å². The lowest BCUT2D eigenvalue weighted by Crippen LogP contribution is -2.50. The Morgan fingerprint density at radius 1 is 1.33 bits per heavy atom. The first-order valence-corrected chi connectivity index (χ1v) is 7.29. The molecule has 21 heavy (non-hydrogen) atoms. The normalized spacial score (nSPS) is 23.8. The van der Waals surface area contributed by atoms with Gasteiger partial charge in [0.1, 0.15) is 0 Å². The van der Waals surface area contributed by atoms with E-state index in [1.165, 1.54) is 0 Å². The van der Waals surface area contributed by atoms with Gasteiger partial charge in [-0.1, -0.05) is 13.8 Å². The average molecular weight is 310 g/mol. The number of aliphatic hydroxyl groups is 1. The highest BCUT2D eigenvalue weighted by Crippen LogP contribution is 2.35. The van der Waals surface area contributed by atoms with Crippen molar-refractivity contribution in [2.24, 2.45) is 5.10 Å². The second-order valence-electron chi connectivity index (χ2n) is 5.69. The second-order valence-corrected chi connectivity index (χ2v) is 5.69. The summed E-state index contributed by atoms with van der Waals surface area (Å²) in [6.45, 7) is 5.27. The maximum Gasteiger partial charge on any atom is 0.422 e. The molecule has 0 amide bonds. The van der Waals surface area contributed by atoms with Crippen molar-refractivity contribution in [1.29, 1.82) is 0 Å². The molecule has 0 aromatic rings. The predicted octanol–water partition coefficient (Wildman–Crippen LogP) is 2.96. The maximum absolute atomic E-state index is 12.7. The van der Waals surface area contributed by atoms with Crippen molar-refractivity contribution in [2.75, 3.05) is 13.7 Å². The third-order valence-electron chi connectivity index (χ3n) is 4.47. The van der Waals surface area contributed by atoms with Gasteiger partial charge in [0.15, 0.2) is 5.60 Å². The molecule has 1 fully saturated rings. The Morgan fingerprint density at radius 3 is 2.33 bits per heavy atom. The number of hydrogen-bond acceptors (Lipinski definition) is 4. The van der Waals surface area contributed by atoms with Crippen LogP contribution in [0.4, 0.5) is 13.2 Å². The quantitative estimate of drug-likeness (QED) is 0.767. The van der Waals surface area contributed by atoms with Gasteiger partial charge in [-0.25, -0.2) is 0 Å². The number of nitrogens with zero attached hydrogens (tertiary/aromatic N) is 2. The highest BCUT2D eigenvalue weighted by molar-refractivity contribution is 5.68. The van der Waals surface area contributed by atoms with Crippen LogP contribution in [-0.4, -0.2) is 53.4 Å². The number of rotatable bonds is 6. The fourth-order valence-corrected chi connectivity index (χ4v) is 2.83. The van der Waals surface area contributed by atoms with Crippen molar-refractivity contribution < 1.29 is 23.0 Å². The minimum atomic E-state index is -4.74. The van der Waals surface area contributed by atoms with E-state index in [2.05, 4.69) is 5.10 Å².